The lowest BCUT2D eigenvalue weighted by atomic mass is 10.0. The van der Waals surface area contributed by atoms with Gasteiger partial charge in [0.05, 0.1) is 6.04 Å². The Labute approximate surface area is 143 Å². The van der Waals surface area contributed by atoms with Crippen LogP contribution in [-0.4, -0.2) is 39.1 Å². The molecule has 0 heterocycles. The van der Waals surface area contributed by atoms with Crippen LogP contribution in [0, 0.1) is 0 Å². The first-order valence-corrected chi connectivity index (χ1v) is 9.31. The molecule has 2 aromatic rings. The van der Waals surface area contributed by atoms with Crippen molar-refractivity contribution in [2.24, 2.45) is 0 Å². The van der Waals surface area contributed by atoms with Crippen molar-refractivity contribution in [1.82, 2.24) is 9.62 Å². The van der Waals surface area contributed by atoms with Gasteiger partial charge < -0.3 is 4.90 Å². The quantitative estimate of drug-likeness (QED) is 0.873. The number of nitrogens with zero attached hydrogens (tertiary/aromatic N) is 1. The van der Waals surface area contributed by atoms with Crippen molar-refractivity contribution in [2.45, 2.75) is 13.0 Å². The van der Waals surface area contributed by atoms with E-state index in [0.29, 0.717) is 0 Å². The molecule has 0 fully saturated rings. The van der Waals surface area contributed by atoms with Crippen LogP contribution < -0.4 is 4.72 Å². The second-order valence-corrected chi connectivity index (χ2v) is 7.56. The van der Waals surface area contributed by atoms with Crippen LogP contribution in [-0.2, 0) is 14.8 Å². The van der Waals surface area contributed by atoms with E-state index in [1.807, 2.05) is 61.5 Å². The number of carbonyl (C=O) groups is 1. The Bertz CT molecular complexity index is 787. The maximum Gasteiger partial charge on any atom is 0.239 e. The highest BCUT2D eigenvalue weighted by Crippen LogP contribution is 2.24. The van der Waals surface area contributed by atoms with Crippen molar-refractivity contribution < 1.29 is 13.2 Å². The molecule has 6 heteroatoms. The monoisotopic (exact) mass is 346 g/mol. The molecule has 0 bridgehead atoms. The van der Waals surface area contributed by atoms with Gasteiger partial charge in [-0.25, -0.2) is 13.1 Å². The van der Waals surface area contributed by atoms with Crippen LogP contribution in [0.4, 0.5) is 0 Å². The molecule has 2 aromatic carbocycles. The van der Waals surface area contributed by atoms with Crippen molar-refractivity contribution >= 4 is 15.9 Å². The van der Waals surface area contributed by atoms with Gasteiger partial charge in [0.15, 0.2) is 0 Å². The van der Waals surface area contributed by atoms with Gasteiger partial charge in [0.25, 0.3) is 0 Å². The second-order valence-electron chi connectivity index (χ2n) is 5.63. The molecule has 0 saturated heterocycles. The highest BCUT2D eigenvalue weighted by atomic mass is 32.2. The molecule has 1 amide bonds. The molecule has 0 aliphatic rings. The van der Waals surface area contributed by atoms with Crippen LogP contribution >= 0.6 is 0 Å². The SMILES string of the molecule is CNS(=O)(=O)CC(=O)N(C)[C@H](C)c1ccc(-c2ccccc2)cc1. The number of nitrogens with one attached hydrogen (secondary N) is 1. The number of rotatable bonds is 6. The van der Waals surface area contributed by atoms with Gasteiger partial charge in [-0.1, -0.05) is 54.6 Å². The Kier molecular flexibility index (Phi) is 5.75. The Balaban J connectivity index is 2.12. The molecule has 0 radical (unpaired) electrons. The Hall–Kier alpha value is -2.18. The lowest BCUT2D eigenvalue weighted by molar-refractivity contribution is -0.129. The molecule has 128 valence electrons. The number of benzene rings is 2. The topological polar surface area (TPSA) is 66.5 Å². The third-order valence-corrected chi connectivity index (χ3v) is 5.35. The molecule has 0 aromatic heterocycles. The maximum atomic E-state index is 12.1. The van der Waals surface area contributed by atoms with E-state index in [1.165, 1.54) is 11.9 Å². The van der Waals surface area contributed by atoms with E-state index in [2.05, 4.69) is 4.72 Å². The predicted molar refractivity (Wildman–Crippen MR) is 95.9 cm³/mol. The van der Waals surface area contributed by atoms with Crippen LogP contribution in [0.1, 0.15) is 18.5 Å². The molecule has 1 N–H and O–H groups in total. The third kappa shape index (κ3) is 4.43. The molecule has 0 unspecified atom stereocenters. The summed E-state index contributed by atoms with van der Waals surface area (Å²) in [6, 6.07) is 17.7. The lowest BCUT2D eigenvalue weighted by Crippen LogP contribution is -2.37. The maximum absolute atomic E-state index is 12.1. The fraction of sp³-hybridized carbons (Fsp3) is 0.278. The van der Waals surface area contributed by atoms with E-state index in [-0.39, 0.29) is 6.04 Å². The van der Waals surface area contributed by atoms with E-state index >= 15 is 0 Å². The van der Waals surface area contributed by atoms with E-state index in [0.717, 1.165) is 16.7 Å². The highest BCUT2D eigenvalue weighted by Gasteiger charge is 2.22. The van der Waals surface area contributed by atoms with Crippen molar-refractivity contribution in [3.8, 4) is 11.1 Å². The lowest BCUT2D eigenvalue weighted by Gasteiger charge is -2.25. The predicted octanol–water partition coefficient (Wildman–Crippen LogP) is 2.42. The molecule has 0 saturated carbocycles. The first-order chi connectivity index (χ1) is 11.3. The number of carbonyl (C=O) groups excluding carboxylic acids is 1. The van der Waals surface area contributed by atoms with Gasteiger partial charge in [-0.15, -0.1) is 0 Å². The minimum Gasteiger partial charge on any atom is -0.338 e. The van der Waals surface area contributed by atoms with Gasteiger partial charge in [-0.3, -0.25) is 4.79 Å². The highest BCUT2D eigenvalue weighted by molar-refractivity contribution is 7.90. The summed E-state index contributed by atoms with van der Waals surface area (Å²) in [5.41, 5.74) is 3.17. The normalized spacial score (nSPS) is 12.6. The average molecular weight is 346 g/mol. The smallest absolute Gasteiger partial charge is 0.239 e. The van der Waals surface area contributed by atoms with E-state index < -0.39 is 21.7 Å². The summed E-state index contributed by atoms with van der Waals surface area (Å²) in [6.07, 6.45) is 0. The standard InChI is InChI=1S/C18H22N2O3S/c1-14(20(3)18(21)13-24(22,23)19-2)15-9-11-17(12-10-15)16-7-5-4-6-8-16/h4-12,14,19H,13H2,1-3H3/t14-/m1/s1. The number of sulfonamides is 1. The van der Waals surface area contributed by atoms with Crippen molar-refractivity contribution in [3.63, 3.8) is 0 Å². The zero-order valence-corrected chi connectivity index (χ0v) is 14.9. The first-order valence-electron chi connectivity index (χ1n) is 7.66. The summed E-state index contributed by atoms with van der Waals surface area (Å²) in [5.74, 6) is -0.990. The Morgan fingerprint density at radius 3 is 2.12 bits per heavy atom. The van der Waals surface area contributed by atoms with Crippen molar-refractivity contribution in [1.29, 1.82) is 0 Å². The summed E-state index contributed by atoms with van der Waals surface area (Å²) in [7, 11) is -0.649. The number of hydrogen-bond acceptors (Lipinski definition) is 3. The zero-order chi connectivity index (χ0) is 17.7. The van der Waals surface area contributed by atoms with Crippen LogP contribution in [0.2, 0.25) is 0 Å². The molecule has 24 heavy (non-hydrogen) atoms. The Morgan fingerprint density at radius 2 is 1.58 bits per heavy atom. The van der Waals surface area contributed by atoms with Gasteiger partial charge in [-0.2, -0.15) is 0 Å². The van der Waals surface area contributed by atoms with Crippen LogP contribution in [0.25, 0.3) is 11.1 Å². The van der Waals surface area contributed by atoms with Gasteiger partial charge in [-0.05, 0) is 30.7 Å². The summed E-state index contributed by atoms with van der Waals surface area (Å²) >= 11 is 0. The summed E-state index contributed by atoms with van der Waals surface area (Å²) in [6.45, 7) is 1.88. The zero-order valence-electron chi connectivity index (χ0n) is 14.1. The van der Waals surface area contributed by atoms with Crippen LogP contribution in [0.5, 0.6) is 0 Å². The first kappa shape index (κ1) is 18.2. The second kappa shape index (κ2) is 7.59. The average Bonchev–Trinajstić information content (AvgIpc) is 2.61. The summed E-state index contributed by atoms with van der Waals surface area (Å²) in [4.78, 5) is 13.6. The molecule has 0 aliphatic carbocycles. The van der Waals surface area contributed by atoms with E-state index in [9.17, 15) is 13.2 Å². The van der Waals surface area contributed by atoms with Gasteiger partial charge >= 0.3 is 0 Å². The fourth-order valence-corrected chi connectivity index (χ4v) is 3.03. The molecule has 1 atom stereocenters. The van der Waals surface area contributed by atoms with Crippen LogP contribution in [0.3, 0.4) is 0 Å². The molecule has 0 spiro atoms. The van der Waals surface area contributed by atoms with Gasteiger partial charge in [0.2, 0.25) is 15.9 Å². The van der Waals surface area contributed by atoms with Crippen molar-refractivity contribution in [2.75, 3.05) is 19.8 Å². The third-order valence-electron chi connectivity index (χ3n) is 4.10. The minimum atomic E-state index is -3.56. The summed E-state index contributed by atoms with van der Waals surface area (Å²) < 4.78 is 25.2. The van der Waals surface area contributed by atoms with Gasteiger partial charge in [0, 0.05) is 7.05 Å². The Morgan fingerprint density at radius 1 is 1.04 bits per heavy atom. The molecular weight excluding hydrogens is 324 g/mol. The minimum absolute atomic E-state index is 0.214. The van der Waals surface area contributed by atoms with Gasteiger partial charge in [0.1, 0.15) is 5.75 Å². The van der Waals surface area contributed by atoms with Crippen molar-refractivity contribution in [3.05, 3.63) is 60.2 Å². The van der Waals surface area contributed by atoms with Crippen LogP contribution in [0.15, 0.2) is 54.6 Å². The number of hydrogen-bond donors (Lipinski definition) is 1. The largest absolute Gasteiger partial charge is 0.338 e. The fourth-order valence-electron chi connectivity index (χ4n) is 2.36. The van der Waals surface area contributed by atoms with E-state index in [4.69, 9.17) is 0 Å². The van der Waals surface area contributed by atoms with E-state index in [1.54, 1.807) is 7.05 Å². The molecule has 5 nitrogen and oxygen atoms in total. The molecular formula is C18H22N2O3S. The number of amides is 1. The molecule has 0 aliphatic heterocycles. The molecule has 2 rings (SSSR count). The summed E-state index contributed by atoms with van der Waals surface area (Å²) in [5, 5.41) is 0.